The monoisotopic (exact) mass is 354 g/mol. The van der Waals surface area contributed by atoms with Crippen LogP contribution in [0.3, 0.4) is 0 Å². The van der Waals surface area contributed by atoms with Gasteiger partial charge in [0.25, 0.3) is 0 Å². The maximum absolute atomic E-state index is 12.4. The Morgan fingerprint density at radius 2 is 2.11 bits per heavy atom. The fourth-order valence-electron chi connectivity index (χ4n) is 1.34. The van der Waals surface area contributed by atoms with Crippen LogP contribution in [-0.4, -0.2) is 32.4 Å². The first-order valence-electron chi connectivity index (χ1n) is 5.77. The van der Waals surface area contributed by atoms with Crippen LogP contribution in [0.25, 0.3) is 0 Å². The van der Waals surface area contributed by atoms with Crippen LogP contribution < -0.4 is 5.32 Å². The third kappa shape index (κ3) is 3.54. The molecule has 1 heterocycles. The Hall–Kier alpha value is 0.0500. The molecule has 0 atom stereocenters. The van der Waals surface area contributed by atoms with Crippen LogP contribution in [0.4, 0.5) is 0 Å². The summed E-state index contributed by atoms with van der Waals surface area (Å²) in [6.07, 6.45) is 0. The van der Waals surface area contributed by atoms with Crippen molar-refractivity contribution in [3.05, 3.63) is 14.7 Å². The molecule has 18 heavy (non-hydrogen) atoms. The van der Waals surface area contributed by atoms with Gasteiger partial charge >= 0.3 is 0 Å². The summed E-state index contributed by atoms with van der Waals surface area (Å²) in [6.45, 7) is 7.30. The molecule has 0 aliphatic heterocycles. The number of sulfonamides is 1. The topological polar surface area (TPSA) is 49.4 Å². The molecule has 0 unspecified atom stereocenters. The number of hydrogen-bond acceptors (Lipinski definition) is 4. The summed E-state index contributed by atoms with van der Waals surface area (Å²) in [5, 5.41) is 3.19. The Morgan fingerprint density at radius 3 is 2.61 bits per heavy atom. The van der Waals surface area contributed by atoms with Gasteiger partial charge < -0.3 is 5.32 Å². The summed E-state index contributed by atoms with van der Waals surface area (Å²) < 4.78 is 26.8. The van der Waals surface area contributed by atoms with Crippen molar-refractivity contribution in [1.82, 2.24) is 9.62 Å². The van der Waals surface area contributed by atoms with Gasteiger partial charge in [0.2, 0.25) is 10.0 Å². The summed E-state index contributed by atoms with van der Waals surface area (Å²) >= 11 is 4.81. The summed E-state index contributed by atoms with van der Waals surface area (Å²) in [5.41, 5.74) is 0. The minimum atomic E-state index is -3.40. The summed E-state index contributed by atoms with van der Waals surface area (Å²) in [7, 11) is -1.80. The molecule has 1 N–H and O–H groups in total. The average Bonchev–Trinajstić information content (AvgIpc) is 2.67. The molecule has 0 amide bonds. The van der Waals surface area contributed by atoms with Gasteiger partial charge in [-0.1, -0.05) is 6.92 Å². The fraction of sp³-hybridized carbons (Fsp3) is 0.636. The van der Waals surface area contributed by atoms with Gasteiger partial charge in [-0.2, -0.15) is 4.31 Å². The third-order valence-electron chi connectivity index (χ3n) is 2.64. The molecule has 0 radical (unpaired) electrons. The largest absolute Gasteiger partial charge is 0.312 e. The molecule has 1 rings (SSSR count). The van der Waals surface area contributed by atoms with E-state index >= 15 is 0 Å². The van der Waals surface area contributed by atoms with Crippen molar-refractivity contribution in [2.24, 2.45) is 0 Å². The van der Waals surface area contributed by atoms with E-state index in [0.29, 0.717) is 15.2 Å². The molecular formula is C11H19BrN2O2S2. The predicted molar refractivity (Wildman–Crippen MR) is 79.5 cm³/mol. The molecule has 7 heteroatoms. The minimum absolute atomic E-state index is 0.0565. The summed E-state index contributed by atoms with van der Waals surface area (Å²) in [4.78, 5) is 1.37. The van der Waals surface area contributed by atoms with Gasteiger partial charge in [-0.3, -0.25) is 0 Å². The van der Waals surface area contributed by atoms with Gasteiger partial charge in [-0.05, 0) is 42.4 Å². The number of nitrogens with one attached hydrogen (secondary N) is 1. The highest BCUT2D eigenvalue weighted by molar-refractivity contribution is 9.11. The number of hydrogen-bond donors (Lipinski definition) is 1. The minimum Gasteiger partial charge on any atom is -0.312 e. The van der Waals surface area contributed by atoms with Crippen molar-refractivity contribution >= 4 is 37.3 Å². The van der Waals surface area contributed by atoms with Crippen molar-refractivity contribution < 1.29 is 8.42 Å². The highest BCUT2D eigenvalue weighted by Gasteiger charge is 2.27. The Labute approximate surface area is 122 Å². The summed E-state index contributed by atoms with van der Waals surface area (Å²) in [6, 6.07) is 1.69. The number of rotatable bonds is 6. The van der Waals surface area contributed by atoms with Crippen LogP contribution >= 0.6 is 27.3 Å². The molecule has 0 saturated heterocycles. The van der Waals surface area contributed by atoms with E-state index in [-0.39, 0.29) is 6.04 Å². The highest BCUT2D eigenvalue weighted by atomic mass is 79.9. The SMILES string of the molecule is CCNCc1cc(S(=O)(=O)N(C)C(C)C)c(Br)s1. The lowest BCUT2D eigenvalue weighted by molar-refractivity contribution is 0.410. The molecule has 1 aromatic heterocycles. The van der Waals surface area contributed by atoms with Crippen LogP contribution in [0.5, 0.6) is 0 Å². The zero-order valence-corrected chi connectivity index (χ0v) is 14.2. The van der Waals surface area contributed by atoms with E-state index in [0.717, 1.165) is 11.4 Å². The van der Waals surface area contributed by atoms with E-state index in [1.54, 1.807) is 13.1 Å². The smallest absolute Gasteiger partial charge is 0.245 e. The number of halogens is 1. The molecule has 4 nitrogen and oxygen atoms in total. The van der Waals surface area contributed by atoms with E-state index < -0.39 is 10.0 Å². The highest BCUT2D eigenvalue weighted by Crippen LogP contribution is 2.33. The van der Waals surface area contributed by atoms with Crippen LogP contribution in [0.2, 0.25) is 0 Å². The first-order valence-corrected chi connectivity index (χ1v) is 8.82. The third-order valence-corrected chi connectivity index (χ3v) is 6.93. The molecular weight excluding hydrogens is 336 g/mol. The molecule has 0 bridgehead atoms. The molecule has 104 valence electrons. The molecule has 0 spiro atoms. The van der Waals surface area contributed by atoms with Crippen molar-refractivity contribution in [2.45, 2.75) is 38.3 Å². The van der Waals surface area contributed by atoms with Crippen LogP contribution in [0.1, 0.15) is 25.6 Å². The molecule has 1 aromatic rings. The average molecular weight is 355 g/mol. The standard InChI is InChI=1S/C11H19BrN2O2S2/c1-5-13-7-9-6-10(11(12)17-9)18(15,16)14(4)8(2)3/h6,8,13H,5,7H2,1-4H3. The van der Waals surface area contributed by atoms with Gasteiger partial charge in [0.05, 0.1) is 3.79 Å². The van der Waals surface area contributed by atoms with Crippen molar-refractivity contribution in [2.75, 3.05) is 13.6 Å². The predicted octanol–water partition coefficient (Wildman–Crippen LogP) is 2.65. The van der Waals surface area contributed by atoms with E-state index in [2.05, 4.69) is 21.2 Å². The maximum Gasteiger partial charge on any atom is 0.245 e. The summed E-state index contributed by atoms with van der Waals surface area (Å²) in [5.74, 6) is 0. The van der Waals surface area contributed by atoms with E-state index in [9.17, 15) is 8.42 Å². The fourth-order valence-corrected chi connectivity index (χ4v) is 5.31. The molecule has 0 aliphatic carbocycles. The van der Waals surface area contributed by atoms with Gasteiger partial charge in [0.1, 0.15) is 4.90 Å². The Kier molecular flexibility index (Phi) is 5.79. The van der Waals surface area contributed by atoms with Crippen LogP contribution in [-0.2, 0) is 16.6 Å². The van der Waals surface area contributed by atoms with E-state index in [4.69, 9.17) is 0 Å². The first kappa shape index (κ1) is 16.1. The number of nitrogens with zero attached hydrogens (tertiary/aromatic N) is 1. The Bertz CT molecular complexity index is 497. The zero-order valence-electron chi connectivity index (χ0n) is 11.0. The molecule has 0 fully saturated rings. The van der Waals surface area contributed by atoms with E-state index in [1.807, 2.05) is 20.8 Å². The van der Waals surface area contributed by atoms with Gasteiger partial charge in [-0.25, -0.2) is 8.42 Å². The molecule has 0 saturated carbocycles. The van der Waals surface area contributed by atoms with Crippen LogP contribution in [0.15, 0.2) is 14.7 Å². The van der Waals surface area contributed by atoms with Crippen molar-refractivity contribution in [3.63, 3.8) is 0 Å². The second-order valence-electron chi connectivity index (χ2n) is 4.25. The van der Waals surface area contributed by atoms with E-state index in [1.165, 1.54) is 15.6 Å². The van der Waals surface area contributed by atoms with Crippen molar-refractivity contribution in [1.29, 1.82) is 0 Å². The second kappa shape index (κ2) is 6.47. The number of thiophene rings is 1. The molecule has 0 aliphatic rings. The van der Waals surface area contributed by atoms with Gasteiger partial charge in [0, 0.05) is 24.5 Å². The lowest BCUT2D eigenvalue weighted by Gasteiger charge is -2.20. The second-order valence-corrected chi connectivity index (χ2v) is 8.67. The molecule has 0 aromatic carbocycles. The normalized spacial score (nSPS) is 12.6. The lowest BCUT2D eigenvalue weighted by Crippen LogP contribution is -2.33. The lowest BCUT2D eigenvalue weighted by atomic mass is 10.4. The Morgan fingerprint density at radius 1 is 1.50 bits per heavy atom. The zero-order chi connectivity index (χ0) is 13.9. The van der Waals surface area contributed by atoms with Crippen molar-refractivity contribution in [3.8, 4) is 0 Å². The quantitative estimate of drug-likeness (QED) is 0.854. The van der Waals surface area contributed by atoms with Gasteiger partial charge in [0.15, 0.2) is 0 Å². The van der Waals surface area contributed by atoms with Gasteiger partial charge in [-0.15, -0.1) is 11.3 Å². The first-order chi connectivity index (χ1) is 8.30. The Balaban J connectivity index is 3.06. The maximum atomic E-state index is 12.4. The van der Waals surface area contributed by atoms with Crippen LogP contribution in [0, 0.1) is 0 Å².